The Hall–Kier alpha value is -0.870. The largest absolute Gasteiger partial charge is 0.469 e. The molecule has 1 aromatic rings. The van der Waals surface area contributed by atoms with Gasteiger partial charge in [-0.15, -0.1) is 11.3 Å². The maximum Gasteiger partial charge on any atom is 0.308 e. The third kappa shape index (κ3) is 2.54. The highest BCUT2D eigenvalue weighted by atomic mass is 32.1. The number of ether oxygens (including phenoxy) is 1. The highest BCUT2D eigenvalue weighted by Gasteiger charge is 2.15. The standard InChI is InChI=1S/C9H12O3S/c1-6-3-4-13-9(6)7(10)5-8(11)12-2/h3-4,7,10H,5H2,1-2H3/t7-/m0/s1. The maximum absolute atomic E-state index is 10.9. The summed E-state index contributed by atoms with van der Waals surface area (Å²) in [6, 6.07) is 1.92. The van der Waals surface area contributed by atoms with Crippen LogP contribution in [0.4, 0.5) is 0 Å². The van der Waals surface area contributed by atoms with E-state index in [2.05, 4.69) is 4.74 Å². The van der Waals surface area contributed by atoms with Crippen LogP contribution >= 0.6 is 11.3 Å². The van der Waals surface area contributed by atoms with Gasteiger partial charge in [0.2, 0.25) is 0 Å². The van der Waals surface area contributed by atoms with Gasteiger partial charge in [0.25, 0.3) is 0 Å². The van der Waals surface area contributed by atoms with Gasteiger partial charge in [-0.1, -0.05) is 0 Å². The van der Waals surface area contributed by atoms with Crippen molar-refractivity contribution in [2.75, 3.05) is 7.11 Å². The van der Waals surface area contributed by atoms with Crippen molar-refractivity contribution in [2.45, 2.75) is 19.4 Å². The van der Waals surface area contributed by atoms with Gasteiger partial charge in [0.1, 0.15) is 0 Å². The molecular weight excluding hydrogens is 188 g/mol. The van der Waals surface area contributed by atoms with E-state index in [1.54, 1.807) is 0 Å². The Kier molecular flexibility index (Phi) is 3.45. The van der Waals surface area contributed by atoms with Crippen LogP contribution in [0.2, 0.25) is 0 Å². The molecule has 72 valence electrons. The van der Waals surface area contributed by atoms with Crippen LogP contribution < -0.4 is 0 Å². The van der Waals surface area contributed by atoms with Gasteiger partial charge >= 0.3 is 5.97 Å². The van der Waals surface area contributed by atoms with Crippen molar-refractivity contribution >= 4 is 17.3 Å². The van der Waals surface area contributed by atoms with E-state index in [0.717, 1.165) is 10.4 Å². The third-order valence-corrected chi connectivity index (χ3v) is 2.91. The lowest BCUT2D eigenvalue weighted by molar-refractivity contribution is -0.142. The number of hydrogen-bond donors (Lipinski definition) is 1. The molecule has 1 heterocycles. The molecular formula is C9H12O3S. The molecule has 0 spiro atoms. The molecule has 1 N–H and O–H groups in total. The van der Waals surface area contributed by atoms with E-state index in [9.17, 15) is 9.90 Å². The molecule has 0 unspecified atom stereocenters. The number of aliphatic hydroxyl groups is 1. The highest BCUT2D eigenvalue weighted by molar-refractivity contribution is 7.10. The quantitative estimate of drug-likeness (QED) is 0.755. The Morgan fingerprint density at radius 1 is 1.77 bits per heavy atom. The predicted octanol–water partition coefficient (Wildman–Crippen LogP) is 1.65. The van der Waals surface area contributed by atoms with Crippen molar-refractivity contribution in [3.05, 3.63) is 21.9 Å². The normalized spacial score (nSPS) is 12.5. The second-order valence-electron chi connectivity index (χ2n) is 2.76. The Bertz CT molecular complexity index is 293. The number of thiophene rings is 1. The molecule has 1 atom stereocenters. The molecule has 0 fully saturated rings. The molecule has 0 saturated carbocycles. The molecule has 0 aromatic carbocycles. The molecule has 0 aliphatic carbocycles. The molecule has 1 aromatic heterocycles. The summed E-state index contributed by atoms with van der Waals surface area (Å²) in [4.78, 5) is 11.7. The Balaban J connectivity index is 2.63. The number of rotatable bonds is 3. The van der Waals surface area contributed by atoms with Crippen molar-refractivity contribution in [3.63, 3.8) is 0 Å². The number of carbonyl (C=O) groups is 1. The van der Waals surface area contributed by atoms with E-state index in [1.165, 1.54) is 18.4 Å². The van der Waals surface area contributed by atoms with Gasteiger partial charge in [0.05, 0.1) is 19.6 Å². The SMILES string of the molecule is COC(=O)C[C@H](O)c1sccc1C. The minimum Gasteiger partial charge on any atom is -0.469 e. The van der Waals surface area contributed by atoms with Crippen LogP contribution in [0.25, 0.3) is 0 Å². The summed E-state index contributed by atoms with van der Waals surface area (Å²) in [6.45, 7) is 1.91. The monoisotopic (exact) mass is 200 g/mol. The Labute approximate surface area is 81.0 Å². The average Bonchev–Trinajstić information content (AvgIpc) is 2.51. The lowest BCUT2D eigenvalue weighted by Gasteiger charge is -2.07. The zero-order valence-electron chi connectivity index (χ0n) is 7.61. The summed E-state index contributed by atoms with van der Waals surface area (Å²) in [5.74, 6) is -0.389. The molecule has 0 radical (unpaired) electrons. The van der Waals surface area contributed by atoms with Crippen molar-refractivity contribution in [1.29, 1.82) is 0 Å². The molecule has 4 heteroatoms. The average molecular weight is 200 g/mol. The van der Waals surface area contributed by atoms with Gasteiger partial charge in [0.15, 0.2) is 0 Å². The van der Waals surface area contributed by atoms with E-state index in [-0.39, 0.29) is 12.4 Å². The molecule has 0 amide bonds. The van der Waals surface area contributed by atoms with Gasteiger partial charge in [-0.2, -0.15) is 0 Å². The number of aliphatic hydroxyl groups excluding tert-OH is 1. The third-order valence-electron chi connectivity index (χ3n) is 1.79. The van der Waals surface area contributed by atoms with Gasteiger partial charge in [0, 0.05) is 4.88 Å². The van der Waals surface area contributed by atoms with Gasteiger partial charge in [-0.3, -0.25) is 4.79 Å². The predicted molar refractivity (Wildman–Crippen MR) is 50.6 cm³/mol. The summed E-state index contributed by atoms with van der Waals surface area (Å²) in [6.07, 6.45) is -0.704. The maximum atomic E-state index is 10.9. The van der Waals surface area contributed by atoms with E-state index in [4.69, 9.17) is 0 Å². The lowest BCUT2D eigenvalue weighted by atomic mass is 10.1. The molecule has 0 bridgehead atoms. The first-order valence-electron chi connectivity index (χ1n) is 3.94. The van der Waals surface area contributed by atoms with E-state index >= 15 is 0 Å². The van der Waals surface area contributed by atoms with Crippen LogP contribution in [-0.2, 0) is 9.53 Å². The molecule has 0 aliphatic rings. The van der Waals surface area contributed by atoms with E-state index in [1.807, 2.05) is 18.4 Å². The minimum atomic E-state index is -0.729. The fourth-order valence-electron chi connectivity index (χ4n) is 1.06. The van der Waals surface area contributed by atoms with Crippen LogP contribution in [0.5, 0.6) is 0 Å². The van der Waals surface area contributed by atoms with Gasteiger partial charge in [-0.25, -0.2) is 0 Å². The van der Waals surface area contributed by atoms with Gasteiger partial charge in [-0.05, 0) is 23.9 Å². The van der Waals surface area contributed by atoms with Crippen LogP contribution in [-0.4, -0.2) is 18.2 Å². The van der Waals surface area contributed by atoms with Crippen LogP contribution in [0.15, 0.2) is 11.4 Å². The highest BCUT2D eigenvalue weighted by Crippen LogP contribution is 2.26. The zero-order valence-corrected chi connectivity index (χ0v) is 8.43. The number of carbonyl (C=O) groups excluding carboxylic acids is 1. The van der Waals surface area contributed by atoms with Crippen LogP contribution in [0.1, 0.15) is 23.0 Å². The lowest BCUT2D eigenvalue weighted by Crippen LogP contribution is -2.07. The first-order valence-corrected chi connectivity index (χ1v) is 4.82. The Morgan fingerprint density at radius 2 is 2.46 bits per heavy atom. The van der Waals surface area contributed by atoms with Crippen LogP contribution in [0.3, 0.4) is 0 Å². The smallest absolute Gasteiger partial charge is 0.308 e. The van der Waals surface area contributed by atoms with Crippen molar-refractivity contribution in [3.8, 4) is 0 Å². The first-order chi connectivity index (χ1) is 6.15. The number of hydrogen-bond acceptors (Lipinski definition) is 4. The first kappa shape index (κ1) is 10.2. The number of methoxy groups -OCH3 is 1. The second kappa shape index (κ2) is 4.39. The summed E-state index contributed by atoms with van der Waals surface area (Å²) in [7, 11) is 1.32. The van der Waals surface area contributed by atoms with E-state index in [0.29, 0.717) is 0 Å². The van der Waals surface area contributed by atoms with Crippen molar-refractivity contribution in [2.24, 2.45) is 0 Å². The molecule has 0 saturated heterocycles. The summed E-state index contributed by atoms with van der Waals surface area (Å²) >= 11 is 1.45. The molecule has 13 heavy (non-hydrogen) atoms. The molecule has 1 rings (SSSR count). The Morgan fingerprint density at radius 3 is 2.92 bits per heavy atom. The van der Waals surface area contributed by atoms with Crippen LogP contribution in [0, 0.1) is 6.92 Å². The molecule has 0 aliphatic heterocycles. The molecule has 3 nitrogen and oxygen atoms in total. The van der Waals surface area contributed by atoms with Crippen molar-refractivity contribution in [1.82, 2.24) is 0 Å². The summed E-state index contributed by atoms with van der Waals surface area (Å²) in [5.41, 5.74) is 1.02. The summed E-state index contributed by atoms with van der Waals surface area (Å²) in [5, 5.41) is 11.5. The summed E-state index contributed by atoms with van der Waals surface area (Å²) < 4.78 is 4.46. The number of aryl methyl sites for hydroxylation is 1. The topological polar surface area (TPSA) is 46.5 Å². The minimum absolute atomic E-state index is 0.0256. The second-order valence-corrected chi connectivity index (χ2v) is 3.71. The fourth-order valence-corrected chi connectivity index (χ4v) is 1.97. The number of esters is 1. The van der Waals surface area contributed by atoms with E-state index < -0.39 is 6.10 Å². The zero-order chi connectivity index (χ0) is 9.84. The van der Waals surface area contributed by atoms with Gasteiger partial charge < -0.3 is 9.84 Å². The fraction of sp³-hybridized carbons (Fsp3) is 0.444. The van der Waals surface area contributed by atoms with Crippen molar-refractivity contribution < 1.29 is 14.6 Å².